The van der Waals surface area contributed by atoms with Gasteiger partial charge in [0.2, 0.25) is 6.41 Å². The van der Waals surface area contributed by atoms with Crippen LogP contribution in [-0.4, -0.2) is 41.1 Å². The summed E-state index contributed by atoms with van der Waals surface area (Å²) in [5, 5.41) is 11.2. The molecule has 2 atom stereocenters. The SMILES string of the molecule is O=CNC(CCSCC1Cc2ccccc2O1)C(=O)O. The number of para-hydroxylation sites is 1. The van der Waals surface area contributed by atoms with E-state index in [2.05, 4.69) is 11.4 Å². The van der Waals surface area contributed by atoms with Crippen LogP contribution in [-0.2, 0) is 16.0 Å². The third-order valence-electron chi connectivity index (χ3n) is 3.14. The van der Waals surface area contributed by atoms with Crippen molar-refractivity contribution in [2.24, 2.45) is 0 Å². The first-order chi connectivity index (χ1) is 9.70. The lowest BCUT2D eigenvalue weighted by atomic mass is 10.1. The van der Waals surface area contributed by atoms with Crippen LogP contribution in [0, 0.1) is 0 Å². The van der Waals surface area contributed by atoms with Gasteiger partial charge in [0.25, 0.3) is 0 Å². The van der Waals surface area contributed by atoms with E-state index < -0.39 is 12.0 Å². The number of aliphatic carboxylic acids is 1. The van der Waals surface area contributed by atoms with Crippen molar-refractivity contribution in [3.05, 3.63) is 29.8 Å². The number of carbonyl (C=O) groups excluding carboxylic acids is 1. The van der Waals surface area contributed by atoms with Gasteiger partial charge in [-0.05, 0) is 23.8 Å². The molecule has 0 saturated heterocycles. The van der Waals surface area contributed by atoms with Crippen LogP contribution in [0.25, 0.3) is 0 Å². The lowest BCUT2D eigenvalue weighted by Gasteiger charge is -2.12. The monoisotopic (exact) mass is 295 g/mol. The van der Waals surface area contributed by atoms with Crippen molar-refractivity contribution < 1.29 is 19.4 Å². The van der Waals surface area contributed by atoms with Crippen LogP contribution in [0.5, 0.6) is 5.75 Å². The van der Waals surface area contributed by atoms with Crippen molar-refractivity contribution in [1.82, 2.24) is 5.32 Å². The van der Waals surface area contributed by atoms with Gasteiger partial charge in [-0.1, -0.05) is 18.2 Å². The maximum Gasteiger partial charge on any atom is 0.326 e. The van der Waals surface area contributed by atoms with Gasteiger partial charge in [-0.15, -0.1) is 0 Å². The van der Waals surface area contributed by atoms with Crippen molar-refractivity contribution >= 4 is 24.1 Å². The topological polar surface area (TPSA) is 75.6 Å². The molecule has 6 heteroatoms. The number of amides is 1. The second-order valence-corrected chi connectivity index (χ2v) is 5.74. The van der Waals surface area contributed by atoms with E-state index in [1.54, 1.807) is 11.8 Å². The van der Waals surface area contributed by atoms with Gasteiger partial charge in [0, 0.05) is 12.2 Å². The molecule has 1 aliphatic heterocycles. The van der Waals surface area contributed by atoms with Gasteiger partial charge < -0.3 is 15.2 Å². The van der Waals surface area contributed by atoms with Gasteiger partial charge in [-0.25, -0.2) is 4.79 Å². The molecular weight excluding hydrogens is 278 g/mol. The number of carboxylic acid groups (broad SMARTS) is 1. The van der Waals surface area contributed by atoms with Crippen molar-refractivity contribution in [3.63, 3.8) is 0 Å². The van der Waals surface area contributed by atoms with Crippen LogP contribution in [0.2, 0.25) is 0 Å². The minimum absolute atomic E-state index is 0.153. The van der Waals surface area contributed by atoms with Crippen LogP contribution in [0.1, 0.15) is 12.0 Å². The van der Waals surface area contributed by atoms with Gasteiger partial charge in [-0.2, -0.15) is 11.8 Å². The quantitative estimate of drug-likeness (QED) is 0.559. The number of carboxylic acids is 1. The Morgan fingerprint density at radius 2 is 2.35 bits per heavy atom. The zero-order chi connectivity index (χ0) is 14.4. The fourth-order valence-electron chi connectivity index (χ4n) is 2.12. The molecular formula is C14H17NO4S. The summed E-state index contributed by atoms with van der Waals surface area (Å²) >= 11 is 1.65. The highest BCUT2D eigenvalue weighted by atomic mass is 32.2. The fraction of sp³-hybridized carbons (Fsp3) is 0.429. The summed E-state index contributed by atoms with van der Waals surface area (Å²) in [5.41, 5.74) is 1.23. The Labute approximate surface area is 121 Å². The molecule has 1 aromatic carbocycles. The minimum atomic E-state index is -0.998. The Morgan fingerprint density at radius 3 is 3.05 bits per heavy atom. The smallest absolute Gasteiger partial charge is 0.326 e. The predicted octanol–water partition coefficient (Wildman–Crippen LogP) is 1.31. The molecule has 0 spiro atoms. The van der Waals surface area contributed by atoms with Crippen molar-refractivity contribution in [3.8, 4) is 5.75 Å². The lowest BCUT2D eigenvalue weighted by molar-refractivity contribution is -0.140. The zero-order valence-corrected chi connectivity index (χ0v) is 11.8. The third kappa shape index (κ3) is 3.90. The van der Waals surface area contributed by atoms with Gasteiger partial charge in [0.05, 0.1) is 0 Å². The van der Waals surface area contributed by atoms with E-state index in [9.17, 15) is 9.59 Å². The molecule has 2 N–H and O–H groups in total. The molecule has 0 fully saturated rings. The second kappa shape index (κ2) is 7.19. The number of thioether (sulfide) groups is 1. The first kappa shape index (κ1) is 14.7. The van der Waals surface area contributed by atoms with Crippen molar-refractivity contribution in [2.45, 2.75) is 25.0 Å². The maximum atomic E-state index is 10.8. The molecule has 20 heavy (non-hydrogen) atoms. The molecule has 0 radical (unpaired) electrons. The molecule has 2 rings (SSSR count). The highest BCUT2D eigenvalue weighted by molar-refractivity contribution is 7.99. The molecule has 1 aromatic rings. The van der Waals surface area contributed by atoms with Crippen LogP contribution < -0.4 is 10.1 Å². The Bertz CT molecular complexity index is 455. The molecule has 108 valence electrons. The Balaban J connectivity index is 1.68. The summed E-state index contributed by atoms with van der Waals surface area (Å²) in [7, 11) is 0. The number of nitrogens with one attached hydrogen (secondary N) is 1. The summed E-state index contributed by atoms with van der Waals surface area (Å²) in [6.45, 7) is 0. The second-order valence-electron chi connectivity index (χ2n) is 4.59. The number of ether oxygens (including phenoxy) is 1. The Kier molecular flexibility index (Phi) is 5.29. The van der Waals surface area contributed by atoms with Gasteiger partial charge in [0.1, 0.15) is 17.9 Å². The average Bonchev–Trinajstić information content (AvgIpc) is 2.84. The average molecular weight is 295 g/mol. The maximum absolute atomic E-state index is 10.8. The number of rotatable bonds is 8. The van der Waals surface area contributed by atoms with Crippen LogP contribution in [0.3, 0.4) is 0 Å². The molecule has 5 nitrogen and oxygen atoms in total. The van der Waals surface area contributed by atoms with Crippen LogP contribution >= 0.6 is 11.8 Å². The van der Waals surface area contributed by atoms with E-state index in [-0.39, 0.29) is 6.10 Å². The van der Waals surface area contributed by atoms with E-state index in [0.29, 0.717) is 18.6 Å². The van der Waals surface area contributed by atoms with Gasteiger partial charge in [0.15, 0.2) is 0 Å². The number of hydrogen-bond acceptors (Lipinski definition) is 4. The van der Waals surface area contributed by atoms with E-state index in [0.717, 1.165) is 17.9 Å². The molecule has 0 aromatic heterocycles. The molecule has 1 heterocycles. The summed E-state index contributed by atoms with van der Waals surface area (Å²) in [6.07, 6.45) is 1.90. The molecule has 0 bridgehead atoms. The summed E-state index contributed by atoms with van der Waals surface area (Å²) < 4.78 is 5.80. The Hall–Kier alpha value is -1.69. The zero-order valence-electron chi connectivity index (χ0n) is 11.0. The highest BCUT2D eigenvalue weighted by Gasteiger charge is 2.22. The molecule has 1 aliphatic rings. The summed E-state index contributed by atoms with van der Waals surface area (Å²) in [5.74, 6) is 1.45. The predicted molar refractivity (Wildman–Crippen MR) is 77.1 cm³/mol. The standard InChI is InChI=1S/C14H17NO4S/c16-9-15-12(14(17)18)5-6-20-8-11-7-10-3-1-2-4-13(10)19-11/h1-4,9,11-12H,5-8H2,(H,15,16)(H,17,18). The molecule has 0 aliphatic carbocycles. The number of benzene rings is 1. The largest absolute Gasteiger partial charge is 0.489 e. The van der Waals surface area contributed by atoms with Crippen molar-refractivity contribution in [2.75, 3.05) is 11.5 Å². The molecule has 2 unspecified atom stereocenters. The van der Waals surface area contributed by atoms with Crippen LogP contribution in [0.4, 0.5) is 0 Å². The van der Waals surface area contributed by atoms with E-state index in [4.69, 9.17) is 9.84 Å². The molecule has 1 amide bonds. The number of fused-ring (bicyclic) bond motifs is 1. The first-order valence-electron chi connectivity index (χ1n) is 6.45. The normalized spacial score (nSPS) is 17.9. The highest BCUT2D eigenvalue weighted by Crippen LogP contribution is 2.29. The lowest BCUT2D eigenvalue weighted by Crippen LogP contribution is -2.36. The van der Waals surface area contributed by atoms with Crippen molar-refractivity contribution in [1.29, 1.82) is 0 Å². The van der Waals surface area contributed by atoms with E-state index in [1.165, 1.54) is 5.56 Å². The van der Waals surface area contributed by atoms with E-state index in [1.807, 2.05) is 18.2 Å². The first-order valence-corrected chi connectivity index (χ1v) is 7.61. The van der Waals surface area contributed by atoms with Crippen LogP contribution in [0.15, 0.2) is 24.3 Å². The summed E-state index contributed by atoms with van der Waals surface area (Å²) in [4.78, 5) is 21.1. The van der Waals surface area contributed by atoms with Gasteiger partial charge >= 0.3 is 5.97 Å². The minimum Gasteiger partial charge on any atom is -0.489 e. The molecule has 0 saturated carbocycles. The number of carbonyl (C=O) groups is 2. The van der Waals surface area contributed by atoms with E-state index >= 15 is 0 Å². The number of hydrogen-bond donors (Lipinski definition) is 2. The Morgan fingerprint density at radius 1 is 1.55 bits per heavy atom. The third-order valence-corrected chi connectivity index (χ3v) is 4.27. The summed E-state index contributed by atoms with van der Waals surface area (Å²) in [6, 6.07) is 7.18. The fourth-order valence-corrected chi connectivity index (χ4v) is 3.14. The van der Waals surface area contributed by atoms with Gasteiger partial charge in [-0.3, -0.25) is 4.79 Å².